The van der Waals surface area contributed by atoms with Gasteiger partial charge < -0.3 is 20.1 Å². The van der Waals surface area contributed by atoms with Crippen LogP contribution in [0.3, 0.4) is 0 Å². The fraction of sp³-hybridized carbons (Fsp3) is 0.643. The van der Waals surface area contributed by atoms with Crippen molar-refractivity contribution in [3.05, 3.63) is 10.9 Å². The van der Waals surface area contributed by atoms with Crippen molar-refractivity contribution in [1.29, 1.82) is 0 Å². The largest absolute Gasteiger partial charge is 0.462 e. The summed E-state index contributed by atoms with van der Waals surface area (Å²) in [7, 11) is 2.02. The highest BCUT2D eigenvalue weighted by Gasteiger charge is 2.20. The lowest BCUT2D eigenvalue weighted by Crippen LogP contribution is -2.30. The van der Waals surface area contributed by atoms with Crippen LogP contribution in [0.5, 0.6) is 0 Å². The fourth-order valence-electron chi connectivity index (χ4n) is 2.36. The molecule has 20 heavy (non-hydrogen) atoms. The summed E-state index contributed by atoms with van der Waals surface area (Å²) in [4.78, 5) is 14.4. The van der Waals surface area contributed by atoms with Gasteiger partial charge in [0.2, 0.25) is 0 Å². The molecule has 112 valence electrons. The first kappa shape index (κ1) is 15.1. The summed E-state index contributed by atoms with van der Waals surface area (Å²) in [5.41, 5.74) is 6.40. The van der Waals surface area contributed by atoms with Gasteiger partial charge in [-0.15, -0.1) is 11.3 Å². The zero-order chi connectivity index (χ0) is 14.5. The number of carbonyl (C=O) groups is 1. The number of rotatable bonds is 5. The molecule has 2 heterocycles. The summed E-state index contributed by atoms with van der Waals surface area (Å²) in [5.74, 6) is 0.207. The maximum atomic E-state index is 11.8. The molecule has 0 aliphatic carbocycles. The van der Waals surface area contributed by atoms with Crippen molar-refractivity contribution in [1.82, 2.24) is 0 Å². The van der Waals surface area contributed by atoms with E-state index in [0.717, 1.165) is 31.2 Å². The van der Waals surface area contributed by atoms with Crippen LogP contribution in [0.2, 0.25) is 0 Å². The Morgan fingerprint density at radius 1 is 1.65 bits per heavy atom. The Morgan fingerprint density at radius 3 is 3.10 bits per heavy atom. The standard InChI is InChI=1S/C14H22N2O3S/c1-3-19-14(17)13-11(15)7-12(20-13)16(2)8-10-5-4-6-18-9-10/h7,10H,3-6,8-9,15H2,1-2H3. The number of nitrogens with two attached hydrogens (primary N) is 1. The van der Waals surface area contributed by atoms with Crippen LogP contribution in [-0.2, 0) is 9.47 Å². The normalized spacial score (nSPS) is 18.8. The number of hydrogen-bond donors (Lipinski definition) is 1. The molecule has 1 aromatic rings. The molecule has 2 N–H and O–H groups in total. The molecule has 1 unspecified atom stereocenters. The Balaban J connectivity index is 2.00. The summed E-state index contributed by atoms with van der Waals surface area (Å²) in [6.45, 7) is 4.76. The molecular weight excluding hydrogens is 276 g/mol. The molecule has 2 rings (SSSR count). The van der Waals surface area contributed by atoms with Gasteiger partial charge in [0.25, 0.3) is 0 Å². The number of thiophene rings is 1. The molecule has 0 amide bonds. The molecule has 1 aliphatic rings. The monoisotopic (exact) mass is 298 g/mol. The van der Waals surface area contributed by atoms with Crippen LogP contribution < -0.4 is 10.6 Å². The van der Waals surface area contributed by atoms with Crippen molar-refractivity contribution < 1.29 is 14.3 Å². The highest BCUT2D eigenvalue weighted by Crippen LogP contribution is 2.33. The van der Waals surface area contributed by atoms with Crippen LogP contribution in [0.15, 0.2) is 6.07 Å². The molecule has 1 atom stereocenters. The van der Waals surface area contributed by atoms with Crippen LogP contribution in [0, 0.1) is 5.92 Å². The molecule has 0 bridgehead atoms. The minimum atomic E-state index is -0.337. The van der Waals surface area contributed by atoms with Crippen molar-refractivity contribution in [2.75, 3.05) is 44.0 Å². The van der Waals surface area contributed by atoms with E-state index in [1.165, 1.54) is 17.8 Å². The van der Waals surface area contributed by atoms with E-state index in [4.69, 9.17) is 15.2 Å². The van der Waals surface area contributed by atoms with Gasteiger partial charge in [0.05, 0.1) is 23.9 Å². The first-order valence-electron chi connectivity index (χ1n) is 6.97. The molecule has 0 spiro atoms. The second-order valence-electron chi connectivity index (χ2n) is 5.05. The minimum absolute atomic E-state index is 0.337. The first-order chi connectivity index (χ1) is 9.61. The Labute approximate surface area is 123 Å². The van der Waals surface area contributed by atoms with Gasteiger partial charge in [-0.2, -0.15) is 0 Å². The van der Waals surface area contributed by atoms with Gasteiger partial charge in [-0.05, 0) is 31.7 Å². The van der Waals surface area contributed by atoms with E-state index in [-0.39, 0.29) is 5.97 Å². The lowest BCUT2D eigenvalue weighted by Gasteiger charge is -2.27. The third-order valence-corrected chi connectivity index (χ3v) is 4.62. The Kier molecular flexibility index (Phi) is 5.25. The molecular formula is C14H22N2O3S. The SMILES string of the molecule is CCOC(=O)c1sc(N(C)CC2CCCOC2)cc1N. The number of carbonyl (C=O) groups excluding carboxylic acids is 1. The molecule has 0 radical (unpaired) electrons. The quantitative estimate of drug-likeness (QED) is 0.845. The van der Waals surface area contributed by atoms with E-state index < -0.39 is 0 Å². The average Bonchev–Trinajstić information content (AvgIpc) is 2.82. The summed E-state index contributed by atoms with van der Waals surface area (Å²) >= 11 is 1.39. The molecule has 6 heteroatoms. The Morgan fingerprint density at radius 2 is 2.45 bits per heavy atom. The zero-order valence-corrected chi connectivity index (χ0v) is 12.9. The summed E-state index contributed by atoms with van der Waals surface area (Å²) in [6, 6.07) is 1.85. The van der Waals surface area contributed by atoms with Crippen molar-refractivity contribution in [3.8, 4) is 0 Å². The second-order valence-corrected chi connectivity index (χ2v) is 6.08. The van der Waals surface area contributed by atoms with Crippen molar-refractivity contribution in [3.63, 3.8) is 0 Å². The molecule has 1 aliphatic heterocycles. The molecule has 1 fully saturated rings. The van der Waals surface area contributed by atoms with Gasteiger partial charge in [0.15, 0.2) is 0 Å². The van der Waals surface area contributed by atoms with Crippen LogP contribution in [0.4, 0.5) is 10.7 Å². The van der Waals surface area contributed by atoms with E-state index >= 15 is 0 Å². The van der Waals surface area contributed by atoms with Crippen LogP contribution in [-0.4, -0.2) is 39.4 Å². The van der Waals surface area contributed by atoms with E-state index in [0.29, 0.717) is 23.1 Å². The van der Waals surface area contributed by atoms with Crippen LogP contribution in [0.1, 0.15) is 29.4 Å². The smallest absolute Gasteiger partial charge is 0.350 e. The summed E-state index contributed by atoms with van der Waals surface area (Å²) in [6.07, 6.45) is 2.31. The number of esters is 1. The van der Waals surface area contributed by atoms with E-state index in [2.05, 4.69) is 4.90 Å². The predicted octanol–water partition coefficient (Wildman–Crippen LogP) is 2.37. The van der Waals surface area contributed by atoms with Gasteiger partial charge >= 0.3 is 5.97 Å². The van der Waals surface area contributed by atoms with Gasteiger partial charge in [-0.1, -0.05) is 0 Å². The van der Waals surface area contributed by atoms with E-state index in [1.54, 1.807) is 6.92 Å². The van der Waals surface area contributed by atoms with Crippen LogP contribution >= 0.6 is 11.3 Å². The van der Waals surface area contributed by atoms with Gasteiger partial charge in [-0.25, -0.2) is 4.79 Å². The van der Waals surface area contributed by atoms with Crippen molar-refractivity contribution in [2.45, 2.75) is 19.8 Å². The third kappa shape index (κ3) is 3.64. The minimum Gasteiger partial charge on any atom is -0.462 e. The van der Waals surface area contributed by atoms with Gasteiger partial charge in [-0.3, -0.25) is 0 Å². The molecule has 5 nitrogen and oxygen atoms in total. The van der Waals surface area contributed by atoms with Crippen molar-refractivity contribution >= 4 is 28.0 Å². The second kappa shape index (κ2) is 6.95. The number of ether oxygens (including phenoxy) is 2. The van der Waals surface area contributed by atoms with E-state index in [1.807, 2.05) is 13.1 Å². The van der Waals surface area contributed by atoms with Gasteiger partial charge in [0, 0.05) is 20.2 Å². The molecule has 0 saturated carbocycles. The highest BCUT2D eigenvalue weighted by atomic mass is 32.1. The maximum absolute atomic E-state index is 11.8. The first-order valence-corrected chi connectivity index (χ1v) is 7.78. The van der Waals surface area contributed by atoms with Gasteiger partial charge in [0.1, 0.15) is 4.88 Å². The van der Waals surface area contributed by atoms with Crippen molar-refractivity contribution in [2.24, 2.45) is 5.92 Å². The maximum Gasteiger partial charge on any atom is 0.350 e. The summed E-state index contributed by atoms with van der Waals surface area (Å²) < 4.78 is 10.5. The molecule has 1 saturated heterocycles. The zero-order valence-electron chi connectivity index (χ0n) is 12.1. The third-order valence-electron chi connectivity index (χ3n) is 3.37. The number of nitrogen functional groups attached to an aromatic ring is 1. The fourth-order valence-corrected chi connectivity index (χ4v) is 3.31. The molecule has 0 aromatic carbocycles. The lowest BCUT2D eigenvalue weighted by atomic mass is 10.0. The number of nitrogens with zero attached hydrogens (tertiary/aromatic N) is 1. The number of hydrogen-bond acceptors (Lipinski definition) is 6. The lowest BCUT2D eigenvalue weighted by molar-refractivity contribution is 0.0533. The summed E-state index contributed by atoms with van der Waals surface area (Å²) in [5, 5.41) is 0.996. The molecule has 1 aromatic heterocycles. The average molecular weight is 298 g/mol. The topological polar surface area (TPSA) is 64.8 Å². The predicted molar refractivity (Wildman–Crippen MR) is 81.5 cm³/mol. The van der Waals surface area contributed by atoms with Crippen LogP contribution in [0.25, 0.3) is 0 Å². The Bertz CT molecular complexity index is 455. The highest BCUT2D eigenvalue weighted by molar-refractivity contribution is 7.18. The van der Waals surface area contributed by atoms with E-state index in [9.17, 15) is 4.79 Å². The number of anilines is 2. The Hall–Kier alpha value is -1.27.